The molecular formula is C19H17BrO5. The van der Waals surface area contributed by atoms with E-state index in [0.29, 0.717) is 35.2 Å². The van der Waals surface area contributed by atoms with Gasteiger partial charge in [-0.15, -0.1) is 0 Å². The highest BCUT2D eigenvalue weighted by molar-refractivity contribution is 9.10. The molecule has 2 aromatic carbocycles. The van der Waals surface area contributed by atoms with Crippen molar-refractivity contribution in [2.24, 2.45) is 0 Å². The normalized spacial score (nSPS) is 12.4. The number of ether oxygens (including phenoxy) is 4. The average molecular weight is 405 g/mol. The number of ketones is 1. The first-order chi connectivity index (χ1) is 12.1. The van der Waals surface area contributed by atoms with E-state index in [1.807, 2.05) is 19.1 Å². The number of benzene rings is 2. The molecule has 0 saturated heterocycles. The lowest BCUT2D eigenvalue weighted by Gasteiger charge is -2.12. The number of rotatable bonds is 6. The van der Waals surface area contributed by atoms with Crippen molar-refractivity contribution in [1.29, 1.82) is 0 Å². The molecule has 1 heterocycles. The number of fused-ring (bicyclic) bond motifs is 1. The van der Waals surface area contributed by atoms with E-state index in [9.17, 15) is 4.79 Å². The van der Waals surface area contributed by atoms with Crippen molar-refractivity contribution in [3.8, 4) is 23.0 Å². The SMILES string of the molecule is CCOc1cc(C=CC(=O)c2ccc3c(c2)OCO3)cc(Br)c1OC. The van der Waals surface area contributed by atoms with Gasteiger partial charge in [0.2, 0.25) is 6.79 Å². The first-order valence-electron chi connectivity index (χ1n) is 7.74. The molecule has 6 heteroatoms. The summed E-state index contributed by atoms with van der Waals surface area (Å²) in [7, 11) is 1.58. The van der Waals surface area contributed by atoms with E-state index < -0.39 is 0 Å². The Morgan fingerprint density at radius 3 is 2.80 bits per heavy atom. The lowest BCUT2D eigenvalue weighted by Crippen LogP contribution is -1.97. The van der Waals surface area contributed by atoms with Crippen molar-refractivity contribution in [2.45, 2.75) is 6.92 Å². The molecule has 0 fully saturated rings. The van der Waals surface area contributed by atoms with Crippen LogP contribution in [0, 0.1) is 0 Å². The summed E-state index contributed by atoms with van der Waals surface area (Å²) in [5.74, 6) is 2.37. The van der Waals surface area contributed by atoms with Crippen LogP contribution >= 0.6 is 15.9 Å². The quantitative estimate of drug-likeness (QED) is 0.524. The number of methoxy groups -OCH3 is 1. The molecule has 25 heavy (non-hydrogen) atoms. The Labute approximate surface area is 154 Å². The largest absolute Gasteiger partial charge is 0.492 e. The maximum absolute atomic E-state index is 12.4. The minimum Gasteiger partial charge on any atom is -0.492 e. The fourth-order valence-electron chi connectivity index (χ4n) is 2.46. The Hall–Kier alpha value is -2.47. The average Bonchev–Trinajstić information content (AvgIpc) is 3.07. The van der Waals surface area contributed by atoms with Crippen molar-refractivity contribution in [2.75, 3.05) is 20.5 Å². The molecule has 2 aromatic rings. The topological polar surface area (TPSA) is 54.0 Å². The predicted octanol–water partition coefficient (Wildman–Crippen LogP) is 4.48. The maximum atomic E-state index is 12.4. The molecule has 0 aliphatic carbocycles. The Balaban J connectivity index is 1.82. The Morgan fingerprint density at radius 1 is 1.24 bits per heavy atom. The molecule has 1 aliphatic rings. The van der Waals surface area contributed by atoms with Gasteiger partial charge in [0.05, 0.1) is 18.2 Å². The maximum Gasteiger partial charge on any atom is 0.231 e. The molecule has 5 nitrogen and oxygen atoms in total. The van der Waals surface area contributed by atoms with Gasteiger partial charge in [-0.3, -0.25) is 4.79 Å². The Kier molecular flexibility index (Phi) is 5.28. The third-order valence-electron chi connectivity index (χ3n) is 3.62. The van der Waals surface area contributed by atoms with Gasteiger partial charge in [0.25, 0.3) is 0 Å². The second-order valence-electron chi connectivity index (χ2n) is 5.23. The molecule has 0 atom stereocenters. The summed E-state index contributed by atoms with van der Waals surface area (Å²) in [4.78, 5) is 12.4. The molecule has 0 saturated carbocycles. The van der Waals surface area contributed by atoms with Gasteiger partial charge in [0, 0.05) is 5.56 Å². The van der Waals surface area contributed by atoms with Gasteiger partial charge in [-0.25, -0.2) is 0 Å². The monoisotopic (exact) mass is 404 g/mol. The first kappa shape index (κ1) is 17.4. The number of hydrogen-bond acceptors (Lipinski definition) is 5. The van der Waals surface area contributed by atoms with Crippen LogP contribution in [0.25, 0.3) is 6.08 Å². The van der Waals surface area contributed by atoms with Gasteiger partial charge >= 0.3 is 0 Å². The van der Waals surface area contributed by atoms with E-state index in [1.54, 1.807) is 31.4 Å². The van der Waals surface area contributed by atoms with Crippen molar-refractivity contribution in [3.63, 3.8) is 0 Å². The molecule has 0 spiro atoms. The molecule has 0 radical (unpaired) electrons. The third kappa shape index (κ3) is 3.79. The van der Waals surface area contributed by atoms with Crippen LogP contribution in [0.15, 0.2) is 40.9 Å². The number of carbonyl (C=O) groups is 1. The van der Waals surface area contributed by atoms with E-state index in [1.165, 1.54) is 6.08 Å². The van der Waals surface area contributed by atoms with Crippen LogP contribution in [0.2, 0.25) is 0 Å². The summed E-state index contributed by atoms with van der Waals surface area (Å²) in [5, 5.41) is 0. The lowest BCUT2D eigenvalue weighted by atomic mass is 10.1. The van der Waals surface area contributed by atoms with Gasteiger partial charge < -0.3 is 18.9 Å². The van der Waals surface area contributed by atoms with E-state index in [2.05, 4.69) is 15.9 Å². The van der Waals surface area contributed by atoms with Crippen molar-refractivity contribution in [3.05, 3.63) is 52.0 Å². The summed E-state index contributed by atoms with van der Waals surface area (Å²) in [6.45, 7) is 2.61. The van der Waals surface area contributed by atoms with Gasteiger partial charge in [-0.05, 0) is 64.8 Å². The van der Waals surface area contributed by atoms with E-state index in [-0.39, 0.29) is 12.6 Å². The zero-order valence-corrected chi connectivity index (χ0v) is 15.5. The number of carbonyl (C=O) groups excluding carboxylic acids is 1. The molecule has 0 bridgehead atoms. The number of hydrogen-bond donors (Lipinski definition) is 0. The second kappa shape index (κ2) is 7.61. The molecule has 0 amide bonds. The van der Waals surface area contributed by atoms with Crippen LogP contribution in [0.1, 0.15) is 22.8 Å². The smallest absolute Gasteiger partial charge is 0.231 e. The van der Waals surface area contributed by atoms with Crippen LogP contribution in [0.5, 0.6) is 23.0 Å². The zero-order valence-electron chi connectivity index (χ0n) is 13.9. The van der Waals surface area contributed by atoms with Crippen LogP contribution in [-0.2, 0) is 0 Å². The summed E-state index contributed by atoms with van der Waals surface area (Å²) in [5.41, 5.74) is 1.36. The molecule has 0 unspecified atom stereocenters. The Morgan fingerprint density at radius 2 is 2.04 bits per heavy atom. The fourth-order valence-corrected chi connectivity index (χ4v) is 3.08. The van der Waals surface area contributed by atoms with Gasteiger partial charge in [-0.1, -0.05) is 6.08 Å². The molecule has 130 valence electrons. The highest BCUT2D eigenvalue weighted by atomic mass is 79.9. The Bertz CT molecular complexity index is 829. The molecule has 3 rings (SSSR count). The number of allylic oxidation sites excluding steroid dienone is 1. The highest BCUT2D eigenvalue weighted by Gasteiger charge is 2.15. The van der Waals surface area contributed by atoms with E-state index in [4.69, 9.17) is 18.9 Å². The lowest BCUT2D eigenvalue weighted by molar-refractivity contribution is 0.104. The van der Waals surface area contributed by atoms with Crippen molar-refractivity contribution < 1.29 is 23.7 Å². The van der Waals surface area contributed by atoms with Gasteiger partial charge in [-0.2, -0.15) is 0 Å². The molecule has 1 aliphatic heterocycles. The van der Waals surface area contributed by atoms with E-state index in [0.717, 1.165) is 10.0 Å². The van der Waals surface area contributed by atoms with E-state index >= 15 is 0 Å². The third-order valence-corrected chi connectivity index (χ3v) is 4.21. The summed E-state index contributed by atoms with van der Waals surface area (Å²) in [6, 6.07) is 8.84. The zero-order chi connectivity index (χ0) is 17.8. The fraction of sp³-hybridized carbons (Fsp3) is 0.211. The second-order valence-corrected chi connectivity index (χ2v) is 6.09. The summed E-state index contributed by atoms with van der Waals surface area (Å²) in [6.07, 6.45) is 3.25. The van der Waals surface area contributed by atoms with Crippen LogP contribution in [-0.4, -0.2) is 26.3 Å². The van der Waals surface area contributed by atoms with Gasteiger partial charge in [0.1, 0.15) is 0 Å². The van der Waals surface area contributed by atoms with Crippen LogP contribution < -0.4 is 18.9 Å². The molecule has 0 aromatic heterocycles. The molecule has 0 N–H and O–H groups in total. The summed E-state index contributed by atoms with van der Waals surface area (Å²) < 4.78 is 22.2. The predicted molar refractivity (Wildman–Crippen MR) is 97.8 cm³/mol. The number of halogens is 1. The van der Waals surface area contributed by atoms with Crippen LogP contribution in [0.4, 0.5) is 0 Å². The van der Waals surface area contributed by atoms with Crippen molar-refractivity contribution in [1.82, 2.24) is 0 Å². The summed E-state index contributed by atoms with van der Waals surface area (Å²) >= 11 is 3.46. The van der Waals surface area contributed by atoms with Crippen molar-refractivity contribution >= 4 is 27.8 Å². The first-order valence-corrected chi connectivity index (χ1v) is 8.54. The minimum absolute atomic E-state index is 0.122. The highest BCUT2D eigenvalue weighted by Crippen LogP contribution is 2.37. The van der Waals surface area contributed by atoms with Gasteiger partial charge in [0.15, 0.2) is 28.8 Å². The minimum atomic E-state index is -0.122. The standard InChI is InChI=1S/C19H17BrO5/c1-3-23-18-9-12(8-14(20)19(18)22-2)4-6-15(21)13-5-7-16-17(10-13)25-11-24-16/h4-10H,3,11H2,1-2H3. The van der Waals surface area contributed by atoms with Crippen LogP contribution in [0.3, 0.4) is 0 Å². The molecular weight excluding hydrogens is 388 g/mol.